The van der Waals surface area contributed by atoms with E-state index in [1.165, 1.54) is 0 Å². The van der Waals surface area contributed by atoms with Crippen LogP contribution in [0.1, 0.15) is 27.7 Å². The molecule has 0 amide bonds. The molecule has 0 fully saturated rings. The van der Waals surface area contributed by atoms with Crippen molar-refractivity contribution in [2.45, 2.75) is 27.7 Å². The van der Waals surface area contributed by atoms with E-state index in [0.717, 1.165) is 22.3 Å². The summed E-state index contributed by atoms with van der Waals surface area (Å²) in [5.41, 5.74) is 4.26. The molecule has 0 saturated heterocycles. The van der Waals surface area contributed by atoms with Gasteiger partial charge in [0.2, 0.25) is 0 Å². The normalized spacial score (nSPS) is 6.40. The monoisotopic (exact) mass is 294 g/mol. The minimum Gasteiger partial charge on any atom is -0.281 e. The first kappa shape index (κ1) is 23.8. The zero-order chi connectivity index (χ0) is 12.3. The van der Waals surface area contributed by atoms with Crippen molar-refractivity contribution >= 4 is 6.79 Å². The third-order valence-electron chi connectivity index (χ3n) is 1.46. The van der Waals surface area contributed by atoms with Crippen LogP contribution in [0.4, 0.5) is 0 Å². The fourth-order valence-electron chi connectivity index (χ4n) is 0. The van der Waals surface area contributed by atoms with E-state index in [1.54, 1.807) is 0 Å². The average Bonchev–Trinajstić information content (AvgIpc) is 2.08. The number of allylic oxidation sites excluding steroid dienone is 4. The molecule has 0 heterocycles. The second-order valence-corrected chi connectivity index (χ2v) is 3.12. The molecule has 15 heavy (non-hydrogen) atoms. The van der Waals surface area contributed by atoms with Gasteiger partial charge in [-0.25, -0.2) is 0 Å². The molecule has 0 bridgehead atoms. The number of hydrogen-bond donors (Lipinski definition) is 0. The number of carbonyl (C=O) groups excluding carboxylic acids is 1. The van der Waals surface area contributed by atoms with Crippen molar-refractivity contribution in [1.29, 1.82) is 0 Å². The van der Waals surface area contributed by atoms with E-state index >= 15 is 0 Å². The maximum atomic E-state index is 7.50. The molecule has 1 nitrogen and oxygen atoms in total. The molecule has 0 saturated carbocycles. The van der Waals surface area contributed by atoms with Crippen molar-refractivity contribution in [3.05, 3.63) is 48.6 Å². The van der Waals surface area contributed by atoms with Gasteiger partial charge in [0, 0.05) is 19.5 Å². The molecule has 0 spiro atoms. The van der Waals surface area contributed by atoms with E-state index in [-0.39, 0.29) is 19.5 Å². The Balaban J connectivity index is -0.0000000653. The second-order valence-electron chi connectivity index (χ2n) is 3.12. The number of rotatable bonds is 2. The smallest absolute Gasteiger partial charge is 0.281 e. The van der Waals surface area contributed by atoms with Gasteiger partial charge in [-0.2, -0.15) is 0 Å². The molecule has 0 aromatic heterocycles. The van der Waals surface area contributed by atoms with Crippen LogP contribution in [-0.2, 0) is 24.3 Å². The van der Waals surface area contributed by atoms with Crippen LogP contribution in [-0.4, -0.2) is 6.79 Å². The Labute approximate surface area is 107 Å². The largest absolute Gasteiger partial charge is 0.281 e. The van der Waals surface area contributed by atoms with Gasteiger partial charge in [0.25, 0.3) is 6.79 Å². The Morgan fingerprint density at radius 1 is 0.667 bits per heavy atom. The summed E-state index contributed by atoms with van der Waals surface area (Å²) in [6.45, 7) is 26.9. The third kappa shape index (κ3) is 31.9. The molecule has 86 valence electrons. The third-order valence-corrected chi connectivity index (χ3v) is 1.46. The van der Waals surface area contributed by atoms with Crippen LogP contribution in [0.15, 0.2) is 48.6 Å². The molecule has 2 heteroatoms. The fraction of sp³-hybridized carbons (Fsp3) is 0.308. The Hall–Kier alpha value is -0.747. The first-order valence-corrected chi connectivity index (χ1v) is 4.12. The van der Waals surface area contributed by atoms with Gasteiger partial charge < -0.3 is 0 Å². The minimum absolute atomic E-state index is 0. The predicted molar refractivity (Wildman–Crippen MR) is 64.9 cm³/mol. The molecular weight excluding hydrogens is 273 g/mol. The topological polar surface area (TPSA) is 17.1 Å². The molecule has 0 aliphatic carbocycles. The summed E-state index contributed by atoms with van der Waals surface area (Å²) in [5, 5.41) is 0. The Kier molecular flexibility index (Phi) is 24.9. The maximum Gasteiger partial charge on any atom is 0.281 e. The van der Waals surface area contributed by atoms with Gasteiger partial charge in [0.05, 0.1) is 0 Å². The molecule has 0 rings (SSSR count). The maximum absolute atomic E-state index is 7.50. The van der Waals surface area contributed by atoms with Gasteiger partial charge in [-0.1, -0.05) is 48.6 Å². The summed E-state index contributed by atoms with van der Waals surface area (Å²) in [6, 6.07) is 0. The summed E-state index contributed by atoms with van der Waals surface area (Å²) >= 11 is 0. The standard InChI is InChI=1S/2C6H10.CO.Ru/c2*1-5(2)6(3)4;1-2;/h2*1,3H2,2,4H3;;. The van der Waals surface area contributed by atoms with Crippen LogP contribution in [0.25, 0.3) is 0 Å². The summed E-state index contributed by atoms with van der Waals surface area (Å²) in [7, 11) is 0. The molecule has 0 aromatic carbocycles. The summed E-state index contributed by atoms with van der Waals surface area (Å²) in [4.78, 5) is 7.50. The van der Waals surface area contributed by atoms with E-state index in [2.05, 4.69) is 33.1 Å². The molecule has 0 aliphatic rings. The Bertz CT molecular complexity index is 179. The SMILES string of the molecule is C=C(C)C(=C)C.C=C(C)C(=C)C.[C]=O.[Ru]. The van der Waals surface area contributed by atoms with Gasteiger partial charge in [0.15, 0.2) is 0 Å². The van der Waals surface area contributed by atoms with Gasteiger partial charge >= 0.3 is 0 Å². The van der Waals surface area contributed by atoms with Crippen molar-refractivity contribution in [2.24, 2.45) is 0 Å². The van der Waals surface area contributed by atoms with Crippen molar-refractivity contribution in [1.82, 2.24) is 0 Å². The van der Waals surface area contributed by atoms with E-state index in [0.29, 0.717) is 0 Å². The second kappa shape index (κ2) is 15.7. The van der Waals surface area contributed by atoms with Crippen LogP contribution < -0.4 is 0 Å². The predicted octanol–water partition coefficient (Wildman–Crippen LogP) is 3.88. The first-order valence-electron chi connectivity index (χ1n) is 4.12. The first-order chi connectivity index (χ1) is 6.29. The Morgan fingerprint density at radius 3 is 0.733 bits per heavy atom. The molecule has 2 radical (unpaired) electrons. The zero-order valence-electron chi connectivity index (χ0n) is 10.1. The van der Waals surface area contributed by atoms with Gasteiger partial charge in [-0.15, -0.1) is 0 Å². The van der Waals surface area contributed by atoms with Crippen molar-refractivity contribution < 1.29 is 24.3 Å². The quantitative estimate of drug-likeness (QED) is 0.558. The van der Waals surface area contributed by atoms with Gasteiger partial charge in [-0.3, -0.25) is 4.79 Å². The molecule has 0 N–H and O–H groups in total. The molecule has 0 unspecified atom stereocenters. The van der Waals surface area contributed by atoms with Crippen LogP contribution in [0.2, 0.25) is 0 Å². The van der Waals surface area contributed by atoms with Gasteiger partial charge in [-0.05, 0) is 27.7 Å². The summed E-state index contributed by atoms with van der Waals surface area (Å²) in [6.07, 6.45) is 0. The average molecular weight is 293 g/mol. The molecule has 0 atom stereocenters. The van der Waals surface area contributed by atoms with Crippen molar-refractivity contribution in [3.8, 4) is 0 Å². The Morgan fingerprint density at radius 2 is 0.733 bits per heavy atom. The van der Waals surface area contributed by atoms with Crippen molar-refractivity contribution in [3.63, 3.8) is 0 Å². The summed E-state index contributed by atoms with van der Waals surface area (Å²) in [5.74, 6) is 0. The minimum atomic E-state index is 0. The van der Waals surface area contributed by atoms with Crippen LogP contribution >= 0.6 is 0 Å². The van der Waals surface area contributed by atoms with E-state index < -0.39 is 0 Å². The molecule has 0 aromatic rings. The zero-order valence-corrected chi connectivity index (χ0v) is 11.8. The van der Waals surface area contributed by atoms with Crippen molar-refractivity contribution in [2.75, 3.05) is 0 Å². The van der Waals surface area contributed by atoms with Gasteiger partial charge in [0.1, 0.15) is 0 Å². The van der Waals surface area contributed by atoms with Crippen LogP contribution in [0.5, 0.6) is 0 Å². The fourth-order valence-corrected chi connectivity index (χ4v) is 0. The number of hydrogen-bond acceptors (Lipinski definition) is 1. The van der Waals surface area contributed by atoms with Crippen LogP contribution in [0.3, 0.4) is 0 Å². The van der Waals surface area contributed by atoms with E-state index in [4.69, 9.17) is 4.79 Å². The molecular formula is C13H20ORu. The van der Waals surface area contributed by atoms with E-state index in [9.17, 15) is 0 Å². The summed E-state index contributed by atoms with van der Waals surface area (Å²) < 4.78 is 0. The van der Waals surface area contributed by atoms with E-state index in [1.807, 2.05) is 27.7 Å². The molecule has 0 aliphatic heterocycles. The van der Waals surface area contributed by atoms with Crippen LogP contribution in [0, 0.1) is 0 Å².